The lowest BCUT2D eigenvalue weighted by Gasteiger charge is -2.44. The summed E-state index contributed by atoms with van der Waals surface area (Å²) < 4.78 is 22.6. The predicted molar refractivity (Wildman–Crippen MR) is 133 cm³/mol. The van der Waals surface area contributed by atoms with Crippen LogP contribution in [0.3, 0.4) is 0 Å². The van der Waals surface area contributed by atoms with Gasteiger partial charge in [0, 0.05) is 19.8 Å². The number of carbonyl (C=O) groups is 3. The maximum Gasteiger partial charge on any atom is 0.331 e. The van der Waals surface area contributed by atoms with Crippen LogP contribution in [0.4, 0.5) is 0 Å². The summed E-state index contributed by atoms with van der Waals surface area (Å²) in [4.78, 5) is 42.0. The van der Waals surface area contributed by atoms with E-state index in [9.17, 15) is 14.4 Å². The van der Waals surface area contributed by atoms with Crippen molar-refractivity contribution in [2.24, 2.45) is 10.5 Å². The van der Waals surface area contributed by atoms with Gasteiger partial charge in [0.1, 0.15) is 17.4 Å². The van der Waals surface area contributed by atoms with Crippen molar-refractivity contribution in [2.45, 2.75) is 64.0 Å². The van der Waals surface area contributed by atoms with E-state index in [1.807, 2.05) is 24.3 Å². The Morgan fingerprint density at radius 1 is 1.00 bits per heavy atom. The zero-order chi connectivity index (χ0) is 26.8. The molecule has 0 aromatic heterocycles. The maximum atomic E-state index is 14.1. The first-order valence-corrected chi connectivity index (χ1v) is 12.1. The Morgan fingerprint density at radius 3 is 2.22 bits per heavy atom. The zero-order valence-electron chi connectivity index (χ0n) is 21.7. The smallest absolute Gasteiger partial charge is 0.331 e. The molecule has 3 atom stereocenters. The Hall–Kier alpha value is -3.88. The van der Waals surface area contributed by atoms with Crippen molar-refractivity contribution in [3.8, 4) is 5.75 Å². The first kappa shape index (κ1) is 24.8. The number of cyclic esters (lactones) is 2. The van der Waals surface area contributed by atoms with Crippen molar-refractivity contribution >= 4 is 24.1 Å². The van der Waals surface area contributed by atoms with Gasteiger partial charge in [-0.2, -0.15) is 5.10 Å². The van der Waals surface area contributed by atoms with Gasteiger partial charge in [0.25, 0.3) is 5.79 Å². The predicted octanol–water partition coefficient (Wildman–Crippen LogP) is 3.72. The summed E-state index contributed by atoms with van der Waals surface area (Å²) in [5.74, 6) is -4.07. The van der Waals surface area contributed by atoms with Gasteiger partial charge in [-0.25, -0.2) is 4.79 Å². The van der Waals surface area contributed by atoms with Gasteiger partial charge >= 0.3 is 17.9 Å². The van der Waals surface area contributed by atoms with Crippen LogP contribution in [0.25, 0.3) is 0 Å². The van der Waals surface area contributed by atoms with E-state index in [-0.39, 0.29) is 0 Å². The SMILES string of the molecule is COc1ccc(C2C(C(=O)OC(C)(C)C)N3N=Cc4ccccc4C3C23C(=O)OC(C)(C)OC3=O)cc1. The molecule has 0 radical (unpaired) electrons. The highest BCUT2D eigenvalue weighted by Crippen LogP contribution is 2.62. The fraction of sp³-hybridized carbons (Fsp3) is 0.429. The first-order chi connectivity index (χ1) is 17.4. The van der Waals surface area contributed by atoms with Gasteiger partial charge in [-0.3, -0.25) is 14.6 Å². The number of ether oxygens (including phenoxy) is 4. The Kier molecular flexibility index (Phi) is 5.58. The average Bonchev–Trinajstić information content (AvgIpc) is 3.14. The Balaban J connectivity index is 1.80. The molecule has 3 heterocycles. The van der Waals surface area contributed by atoms with Crippen molar-refractivity contribution in [2.75, 3.05) is 7.11 Å². The number of fused-ring (bicyclic) bond motifs is 4. The minimum absolute atomic E-state index is 0.548. The molecule has 9 nitrogen and oxygen atoms in total. The number of methoxy groups -OCH3 is 1. The highest BCUT2D eigenvalue weighted by atomic mass is 16.7. The average molecular weight is 507 g/mol. The first-order valence-electron chi connectivity index (χ1n) is 12.1. The topological polar surface area (TPSA) is 104 Å². The van der Waals surface area contributed by atoms with Gasteiger partial charge in [0.2, 0.25) is 5.41 Å². The van der Waals surface area contributed by atoms with Crippen LogP contribution in [0.1, 0.15) is 63.3 Å². The number of hydrazone groups is 1. The summed E-state index contributed by atoms with van der Waals surface area (Å²) >= 11 is 0. The standard InChI is InChI=1S/C28H30N2O7/c1-26(2,3)35-23(31)21-20(16-11-13-18(34-6)14-12-16)28(24(32)36-27(4,5)37-25(28)33)22-19-10-8-7-9-17(19)15-29-30(21)22/h7-15,20-22H,1-6H3. The van der Waals surface area contributed by atoms with Crippen molar-refractivity contribution in [1.82, 2.24) is 5.01 Å². The van der Waals surface area contributed by atoms with Crippen molar-refractivity contribution in [3.05, 3.63) is 65.2 Å². The van der Waals surface area contributed by atoms with Crippen molar-refractivity contribution in [3.63, 3.8) is 0 Å². The van der Waals surface area contributed by atoms with Gasteiger partial charge in [-0.05, 0) is 49.6 Å². The number of rotatable bonds is 3. The molecule has 0 amide bonds. The number of nitrogens with zero attached hydrogens (tertiary/aromatic N) is 2. The normalized spacial score (nSPS) is 25.1. The highest BCUT2D eigenvalue weighted by Gasteiger charge is 2.75. The molecule has 2 aromatic rings. The summed E-state index contributed by atoms with van der Waals surface area (Å²) in [5, 5.41) is 6.10. The molecule has 37 heavy (non-hydrogen) atoms. The largest absolute Gasteiger partial charge is 0.497 e. The number of hydrogen-bond acceptors (Lipinski definition) is 9. The van der Waals surface area contributed by atoms with Gasteiger partial charge in [-0.1, -0.05) is 36.4 Å². The molecule has 194 valence electrons. The number of benzene rings is 2. The second-order valence-corrected chi connectivity index (χ2v) is 10.9. The molecule has 3 aliphatic rings. The zero-order valence-corrected chi connectivity index (χ0v) is 21.7. The number of hydrogen-bond donors (Lipinski definition) is 0. The fourth-order valence-corrected chi connectivity index (χ4v) is 5.53. The summed E-state index contributed by atoms with van der Waals surface area (Å²) in [6.07, 6.45) is 1.62. The second kappa shape index (κ2) is 8.33. The number of esters is 3. The van der Waals surface area contributed by atoms with Crippen LogP contribution >= 0.6 is 0 Å². The van der Waals surface area contributed by atoms with Gasteiger partial charge < -0.3 is 18.9 Å². The molecule has 5 rings (SSSR count). The molecule has 3 aliphatic heterocycles. The van der Waals surface area contributed by atoms with E-state index in [0.29, 0.717) is 16.9 Å². The lowest BCUT2D eigenvalue weighted by molar-refractivity contribution is -0.254. The Labute approximate surface area is 215 Å². The molecule has 2 saturated heterocycles. The lowest BCUT2D eigenvalue weighted by Crippen LogP contribution is -2.58. The van der Waals surface area contributed by atoms with Crippen LogP contribution < -0.4 is 4.74 Å². The maximum absolute atomic E-state index is 14.1. The molecule has 0 aliphatic carbocycles. The quantitative estimate of drug-likeness (QED) is 0.458. The molecule has 2 fully saturated rings. The molecular formula is C28H30N2O7. The van der Waals surface area contributed by atoms with E-state index in [4.69, 9.17) is 18.9 Å². The third-order valence-corrected chi connectivity index (χ3v) is 6.88. The summed E-state index contributed by atoms with van der Waals surface area (Å²) in [5.41, 5.74) is -0.811. The Bertz CT molecular complexity index is 1270. The van der Waals surface area contributed by atoms with Crippen LogP contribution in [0.5, 0.6) is 5.75 Å². The molecular weight excluding hydrogens is 476 g/mol. The van der Waals surface area contributed by atoms with Crippen LogP contribution in [-0.4, -0.2) is 53.7 Å². The fourth-order valence-electron chi connectivity index (χ4n) is 5.53. The summed E-state index contributed by atoms with van der Waals surface area (Å²) in [6, 6.07) is 12.1. The molecule has 3 unspecified atom stereocenters. The van der Waals surface area contributed by atoms with E-state index in [1.165, 1.54) is 18.9 Å². The van der Waals surface area contributed by atoms with Gasteiger partial charge in [0.15, 0.2) is 6.04 Å². The minimum Gasteiger partial charge on any atom is -0.497 e. The summed E-state index contributed by atoms with van der Waals surface area (Å²) in [7, 11) is 1.54. The van der Waals surface area contributed by atoms with Crippen molar-refractivity contribution < 1.29 is 33.3 Å². The summed E-state index contributed by atoms with van der Waals surface area (Å²) in [6.45, 7) is 8.29. The van der Waals surface area contributed by atoms with Crippen LogP contribution in [-0.2, 0) is 28.6 Å². The molecule has 0 N–H and O–H groups in total. The number of carbonyl (C=O) groups excluding carboxylic acids is 3. The second-order valence-electron chi connectivity index (χ2n) is 10.9. The molecule has 0 saturated carbocycles. The van der Waals surface area contributed by atoms with E-state index in [1.54, 1.807) is 58.4 Å². The lowest BCUT2D eigenvalue weighted by atomic mass is 9.65. The molecule has 9 heteroatoms. The highest BCUT2D eigenvalue weighted by molar-refractivity contribution is 6.06. The molecule has 2 aromatic carbocycles. The van der Waals surface area contributed by atoms with Crippen LogP contribution in [0.2, 0.25) is 0 Å². The van der Waals surface area contributed by atoms with Crippen LogP contribution in [0, 0.1) is 5.41 Å². The van der Waals surface area contributed by atoms with E-state index in [0.717, 1.165) is 5.56 Å². The van der Waals surface area contributed by atoms with Crippen LogP contribution in [0.15, 0.2) is 53.6 Å². The van der Waals surface area contributed by atoms with E-state index < -0.39 is 52.7 Å². The monoisotopic (exact) mass is 506 g/mol. The third-order valence-electron chi connectivity index (χ3n) is 6.88. The van der Waals surface area contributed by atoms with Gasteiger partial charge in [-0.15, -0.1) is 0 Å². The van der Waals surface area contributed by atoms with E-state index >= 15 is 0 Å². The Morgan fingerprint density at radius 2 is 1.62 bits per heavy atom. The minimum atomic E-state index is -1.93. The van der Waals surface area contributed by atoms with E-state index in [2.05, 4.69) is 5.10 Å². The third kappa shape index (κ3) is 3.84. The van der Waals surface area contributed by atoms with Crippen molar-refractivity contribution in [1.29, 1.82) is 0 Å². The molecule has 1 spiro atoms. The molecule has 0 bridgehead atoms. The van der Waals surface area contributed by atoms with Gasteiger partial charge in [0.05, 0.1) is 13.3 Å².